The fourth-order valence-electron chi connectivity index (χ4n) is 3.35. The second kappa shape index (κ2) is 10.1. The first-order chi connectivity index (χ1) is 11.2. The van der Waals surface area contributed by atoms with E-state index in [1.54, 1.807) is 0 Å². The van der Waals surface area contributed by atoms with Gasteiger partial charge in [-0.05, 0) is 36.7 Å². The molecule has 0 saturated carbocycles. The molecule has 1 aliphatic heterocycles. The quantitative estimate of drug-likeness (QED) is 0.657. The SMILES string of the molecule is C[C@@H](CCCC[C@@H]1O[C@@H](CO)C[C@@H]1C)COCc1ccccc1. The Bertz CT molecular complexity index is 420. The smallest absolute Gasteiger partial charge is 0.0813 e. The second-order valence-corrected chi connectivity index (χ2v) is 7.08. The highest BCUT2D eigenvalue weighted by Crippen LogP contribution is 2.29. The van der Waals surface area contributed by atoms with Crippen molar-refractivity contribution in [2.75, 3.05) is 13.2 Å². The highest BCUT2D eigenvalue weighted by atomic mass is 16.5. The third-order valence-corrected chi connectivity index (χ3v) is 4.79. The highest BCUT2D eigenvalue weighted by Gasteiger charge is 2.30. The van der Waals surface area contributed by atoms with Gasteiger partial charge < -0.3 is 14.6 Å². The third kappa shape index (κ3) is 6.62. The van der Waals surface area contributed by atoms with Gasteiger partial charge in [0, 0.05) is 6.61 Å². The number of hydrogen-bond donors (Lipinski definition) is 1. The van der Waals surface area contributed by atoms with Crippen LogP contribution in [-0.2, 0) is 16.1 Å². The van der Waals surface area contributed by atoms with E-state index in [4.69, 9.17) is 9.47 Å². The number of unbranched alkanes of at least 4 members (excludes halogenated alkanes) is 1. The number of hydrogen-bond acceptors (Lipinski definition) is 3. The minimum absolute atomic E-state index is 0.0697. The number of aliphatic hydroxyl groups is 1. The number of ether oxygens (including phenoxy) is 2. The molecular formula is C20H32O3. The summed E-state index contributed by atoms with van der Waals surface area (Å²) in [4.78, 5) is 0. The summed E-state index contributed by atoms with van der Waals surface area (Å²) in [6.07, 6.45) is 6.18. The van der Waals surface area contributed by atoms with Gasteiger partial charge in [-0.25, -0.2) is 0 Å². The summed E-state index contributed by atoms with van der Waals surface area (Å²) in [7, 11) is 0. The van der Waals surface area contributed by atoms with E-state index in [2.05, 4.69) is 38.1 Å². The van der Waals surface area contributed by atoms with E-state index in [0.29, 0.717) is 24.5 Å². The molecule has 1 saturated heterocycles. The lowest BCUT2D eigenvalue weighted by Crippen LogP contribution is -2.16. The molecule has 0 radical (unpaired) electrons. The van der Waals surface area contributed by atoms with Crippen molar-refractivity contribution in [2.45, 2.75) is 64.8 Å². The number of benzene rings is 1. The molecule has 1 N–H and O–H groups in total. The molecule has 1 heterocycles. The summed E-state index contributed by atoms with van der Waals surface area (Å²) >= 11 is 0. The van der Waals surface area contributed by atoms with Crippen LogP contribution in [0.2, 0.25) is 0 Å². The summed E-state index contributed by atoms with van der Waals surface area (Å²) < 4.78 is 11.7. The fourth-order valence-corrected chi connectivity index (χ4v) is 3.35. The molecule has 1 aromatic rings. The van der Waals surface area contributed by atoms with Crippen molar-refractivity contribution in [2.24, 2.45) is 11.8 Å². The molecule has 1 fully saturated rings. The zero-order valence-electron chi connectivity index (χ0n) is 14.6. The van der Waals surface area contributed by atoms with E-state index in [0.717, 1.165) is 19.4 Å². The van der Waals surface area contributed by atoms with Gasteiger partial charge in [-0.1, -0.05) is 57.0 Å². The number of rotatable bonds is 10. The van der Waals surface area contributed by atoms with E-state index in [1.807, 2.05) is 6.07 Å². The highest BCUT2D eigenvalue weighted by molar-refractivity contribution is 5.13. The van der Waals surface area contributed by atoms with Crippen LogP contribution >= 0.6 is 0 Å². The van der Waals surface area contributed by atoms with Crippen LogP contribution in [-0.4, -0.2) is 30.5 Å². The van der Waals surface area contributed by atoms with Crippen molar-refractivity contribution in [3.63, 3.8) is 0 Å². The van der Waals surface area contributed by atoms with Gasteiger partial charge in [-0.2, -0.15) is 0 Å². The largest absolute Gasteiger partial charge is 0.394 e. The standard InChI is InChI=1S/C20H32O3/c1-16(14-22-15-18-9-4-3-5-10-18)8-6-7-11-20-17(2)12-19(13-21)23-20/h3-5,9-10,16-17,19-21H,6-8,11-15H2,1-2H3/t16-,17-,19+,20-/m0/s1. The van der Waals surface area contributed by atoms with Crippen LogP contribution in [0.25, 0.3) is 0 Å². The first-order valence-electron chi connectivity index (χ1n) is 9.07. The van der Waals surface area contributed by atoms with Gasteiger partial charge in [-0.15, -0.1) is 0 Å². The predicted octanol–water partition coefficient (Wildman–Crippen LogP) is 4.19. The van der Waals surface area contributed by atoms with Gasteiger partial charge in [0.25, 0.3) is 0 Å². The molecule has 130 valence electrons. The first-order valence-corrected chi connectivity index (χ1v) is 9.07. The average molecular weight is 320 g/mol. The molecule has 23 heavy (non-hydrogen) atoms. The molecule has 0 bridgehead atoms. The molecule has 0 unspecified atom stereocenters. The van der Waals surface area contributed by atoms with Gasteiger partial charge in [-0.3, -0.25) is 0 Å². The zero-order valence-corrected chi connectivity index (χ0v) is 14.6. The Morgan fingerprint density at radius 3 is 2.74 bits per heavy atom. The molecule has 4 atom stereocenters. The van der Waals surface area contributed by atoms with E-state index >= 15 is 0 Å². The van der Waals surface area contributed by atoms with Crippen LogP contribution in [0.5, 0.6) is 0 Å². The lowest BCUT2D eigenvalue weighted by atomic mass is 9.96. The topological polar surface area (TPSA) is 38.7 Å². The molecule has 2 rings (SSSR count). The minimum Gasteiger partial charge on any atom is -0.394 e. The maximum absolute atomic E-state index is 9.17. The molecule has 1 aliphatic rings. The van der Waals surface area contributed by atoms with Crippen LogP contribution < -0.4 is 0 Å². The molecule has 0 amide bonds. The van der Waals surface area contributed by atoms with Crippen LogP contribution in [0.15, 0.2) is 30.3 Å². The Kier molecular flexibility index (Phi) is 8.07. The molecule has 0 aliphatic carbocycles. The lowest BCUT2D eigenvalue weighted by molar-refractivity contribution is 0.00137. The van der Waals surface area contributed by atoms with Gasteiger partial charge in [0.1, 0.15) is 0 Å². The van der Waals surface area contributed by atoms with Crippen LogP contribution in [0.4, 0.5) is 0 Å². The predicted molar refractivity (Wildman–Crippen MR) is 93.3 cm³/mol. The third-order valence-electron chi connectivity index (χ3n) is 4.79. The Morgan fingerprint density at radius 2 is 2.04 bits per heavy atom. The summed E-state index contributed by atoms with van der Waals surface area (Å²) in [6, 6.07) is 10.3. The second-order valence-electron chi connectivity index (χ2n) is 7.08. The summed E-state index contributed by atoms with van der Waals surface area (Å²) in [5.74, 6) is 1.18. The summed E-state index contributed by atoms with van der Waals surface area (Å²) in [5, 5.41) is 9.17. The maximum atomic E-state index is 9.17. The molecule has 3 heteroatoms. The maximum Gasteiger partial charge on any atom is 0.0813 e. The van der Waals surface area contributed by atoms with Crippen molar-refractivity contribution in [1.29, 1.82) is 0 Å². The van der Waals surface area contributed by atoms with Crippen LogP contribution in [0, 0.1) is 11.8 Å². The average Bonchev–Trinajstić information content (AvgIpc) is 2.93. The summed E-state index contributed by atoms with van der Waals surface area (Å²) in [5.41, 5.74) is 1.24. The Hall–Kier alpha value is -0.900. The number of aliphatic hydroxyl groups excluding tert-OH is 1. The Morgan fingerprint density at radius 1 is 1.26 bits per heavy atom. The Labute approximate surface area is 141 Å². The van der Waals surface area contributed by atoms with Crippen molar-refractivity contribution in [3.05, 3.63) is 35.9 Å². The van der Waals surface area contributed by atoms with Crippen molar-refractivity contribution >= 4 is 0 Å². The van der Waals surface area contributed by atoms with E-state index in [-0.39, 0.29) is 12.7 Å². The minimum atomic E-state index is 0.0697. The van der Waals surface area contributed by atoms with Gasteiger partial charge >= 0.3 is 0 Å². The lowest BCUT2D eigenvalue weighted by Gasteiger charge is -2.16. The molecule has 0 aromatic heterocycles. The van der Waals surface area contributed by atoms with Crippen molar-refractivity contribution in [1.82, 2.24) is 0 Å². The molecule has 1 aromatic carbocycles. The van der Waals surface area contributed by atoms with Crippen molar-refractivity contribution in [3.8, 4) is 0 Å². The molecule has 0 spiro atoms. The molecular weight excluding hydrogens is 288 g/mol. The van der Waals surface area contributed by atoms with Gasteiger partial charge in [0.05, 0.1) is 25.4 Å². The zero-order chi connectivity index (χ0) is 16.5. The Balaban J connectivity index is 1.51. The van der Waals surface area contributed by atoms with E-state index in [9.17, 15) is 5.11 Å². The van der Waals surface area contributed by atoms with E-state index in [1.165, 1.54) is 24.8 Å². The fraction of sp³-hybridized carbons (Fsp3) is 0.700. The normalized spacial score (nSPS) is 25.6. The first kappa shape index (κ1) is 18.4. The van der Waals surface area contributed by atoms with Crippen molar-refractivity contribution < 1.29 is 14.6 Å². The monoisotopic (exact) mass is 320 g/mol. The van der Waals surface area contributed by atoms with Crippen LogP contribution in [0.1, 0.15) is 51.5 Å². The molecule has 3 nitrogen and oxygen atoms in total. The van der Waals surface area contributed by atoms with Gasteiger partial charge in [0.15, 0.2) is 0 Å². The van der Waals surface area contributed by atoms with Crippen LogP contribution in [0.3, 0.4) is 0 Å². The van der Waals surface area contributed by atoms with Gasteiger partial charge in [0.2, 0.25) is 0 Å². The summed E-state index contributed by atoms with van der Waals surface area (Å²) in [6.45, 7) is 6.21. The van der Waals surface area contributed by atoms with E-state index < -0.39 is 0 Å².